The second kappa shape index (κ2) is 4.95. The lowest BCUT2D eigenvalue weighted by Crippen LogP contribution is -2.53. The zero-order valence-electron chi connectivity index (χ0n) is 8.58. The molecule has 1 aliphatic rings. The molecule has 5 heteroatoms. The first kappa shape index (κ1) is 11.0. The van der Waals surface area contributed by atoms with Crippen LogP contribution in [0.4, 0.5) is 4.79 Å². The molecule has 1 unspecified atom stereocenters. The van der Waals surface area contributed by atoms with Crippen molar-refractivity contribution in [3.05, 3.63) is 0 Å². The standard InChI is InChI=1S/C9H16N2O3/c1-7-6-11(4-3-5-14-2)9(13)10-8(7)12/h7H,3-6H2,1-2H3,(H,10,12,13). The third-order valence-electron chi connectivity index (χ3n) is 2.24. The molecule has 0 radical (unpaired) electrons. The zero-order valence-corrected chi connectivity index (χ0v) is 8.58. The predicted molar refractivity (Wildman–Crippen MR) is 50.8 cm³/mol. The Morgan fingerprint density at radius 1 is 1.57 bits per heavy atom. The number of amides is 3. The molecule has 14 heavy (non-hydrogen) atoms. The number of carbonyl (C=O) groups excluding carboxylic acids is 2. The van der Waals surface area contributed by atoms with E-state index in [0.717, 1.165) is 6.42 Å². The summed E-state index contributed by atoms with van der Waals surface area (Å²) in [5, 5.41) is 2.31. The number of nitrogens with one attached hydrogen (secondary N) is 1. The maximum Gasteiger partial charge on any atom is 0.324 e. The van der Waals surface area contributed by atoms with Gasteiger partial charge in [0.1, 0.15) is 0 Å². The summed E-state index contributed by atoms with van der Waals surface area (Å²) in [6.45, 7) is 3.59. The van der Waals surface area contributed by atoms with E-state index in [9.17, 15) is 9.59 Å². The Kier molecular flexibility index (Phi) is 3.88. The van der Waals surface area contributed by atoms with Crippen LogP contribution in [0.25, 0.3) is 0 Å². The summed E-state index contributed by atoms with van der Waals surface area (Å²) in [6, 6.07) is -0.288. The predicted octanol–water partition coefficient (Wildman–Crippen LogP) is 0.211. The Labute approximate surface area is 83.4 Å². The van der Waals surface area contributed by atoms with Crippen LogP contribution >= 0.6 is 0 Å². The number of urea groups is 1. The van der Waals surface area contributed by atoms with Gasteiger partial charge in [0, 0.05) is 26.8 Å². The van der Waals surface area contributed by atoms with Crippen LogP contribution < -0.4 is 5.32 Å². The van der Waals surface area contributed by atoms with Gasteiger partial charge in [-0.05, 0) is 6.42 Å². The number of imide groups is 1. The van der Waals surface area contributed by atoms with Gasteiger partial charge in [0.15, 0.2) is 0 Å². The first-order valence-electron chi connectivity index (χ1n) is 4.74. The lowest BCUT2D eigenvalue weighted by atomic mass is 10.1. The number of rotatable bonds is 4. The molecule has 1 aliphatic heterocycles. The monoisotopic (exact) mass is 200 g/mol. The normalized spacial score (nSPS) is 22.4. The van der Waals surface area contributed by atoms with Crippen molar-refractivity contribution in [2.24, 2.45) is 5.92 Å². The zero-order chi connectivity index (χ0) is 10.6. The molecule has 0 saturated carbocycles. The van der Waals surface area contributed by atoms with Gasteiger partial charge in [-0.2, -0.15) is 0 Å². The van der Waals surface area contributed by atoms with Crippen LogP contribution in [0.3, 0.4) is 0 Å². The number of nitrogens with zero attached hydrogens (tertiary/aromatic N) is 1. The molecule has 1 saturated heterocycles. The fourth-order valence-corrected chi connectivity index (χ4v) is 1.40. The summed E-state index contributed by atoms with van der Waals surface area (Å²) in [7, 11) is 1.63. The van der Waals surface area contributed by atoms with Crippen LogP contribution in [0.1, 0.15) is 13.3 Å². The van der Waals surface area contributed by atoms with E-state index in [1.165, 1.54) is 0 Å². The van der Waals surface area contributed by atoms with Crippen molar-refractivity contribution in [3.8, 4) is 0 Å². The average Bonchev–Trinajstić information content (AvgIpc) is 2.14. The minimum Gasteiger partial charge on any atom is -0.385 e. The van der Waals surface area contributed by atoms with Gasteiger partial charge in [-0.25, -0.2) is 4.79 Å². The minimum atomic E-state index is -0.288. The summed E-state index contributed by atoms with van der Waals surface area (Å²) in [5.41, 5.74) is 0. The summed E-state index contributed by atoms with van der Waals surface area (Å²) >= 11 is 0. The van der Waals surface area contributed by atoms with Gasteiger partial charge in [0.25, 0.3) is 0 Å². The molecule has 0 aromatic heterocycles. The summed E-state index contributed by atoms with van der Waals surface area (Å²) in [5.74, 6) is -0.298. The van der Waals surface area contributed by atoms with Crippen LogP contribution in [0.2, 0.25) is 0 Å². The maximum absolute atomic E-state index is 11.3. The minimum absolute atomic E-state index is 0.116. The number of methoxy groups -OCH3 is 1. The molecule has 0 spiro atoms. The van der Waals surface area contributed by atoms with E-state index in [-0.39, 0.29) is 17.9 Å². The second-order valence-electron chi connectivity index (χ2n) is 3.49. The molecule has 5 nitrogen and oxygen atoms in total. The van der Waals surface area contributed by atoms with Crippen molar-refractivity contribution >= 4 is 11.9 Å². The van der Waals surface area contributed by atoms with Gasteiger partial charge < -0.3 is 9.64 Å². The van der Waals surface area contributed by atoms with Crippen molar-refractivity contribution < 1.29 is 14.3 Å². The Morgan fingerprint density at radius 2 is 2.29 bits per heavy atom. The lowest BCUT2D eigenvalue weighted by molar-refractivity contribution is -0.125. The third kappa shape index (κ3) is 2.70. The Hall–Kier alpha value is -1.10. The van der Waals surface area contributed by atoms with Gasteiger partial charge >= 0.3 is 6.03 Å². The molecule has 0 aromatic carbocycles. The van der Waals surface area contributed by atoms with Crippen LogP contribution in [0, 0.1) is 5.92 Å². The first-order chi connectivity index (χ1) is 6.65. The number of carbonyl (C=O) groups is 2. The molecular weight excluding hydrogens is 184 g/mol. The quantitative estimate of drug-likeness (QED) is 0.660. The number of hydrogen-bond donors (Lipinski definition) is 1. The van der Waals surface area contributed by atoms with Crippen LogP contribution in [0.5, 0.6) is 0 Å². The molecule has 1 rings (SSSR count). The van der Waals surface area contributed by atoms with Gasteiger partial charge in [0.05, 0.1) is 5.92 Å². The van der Waals surface area contributed by atoms with Gasteiger partial charge in [-0.15, -0.1) is 0 Å². The molecule has 1 fully saturated rings. The van der Waals surface area contributed by atoms with Gasteiger partial charge in [0.2, 0.25) is 5.91 Å². The largest absolute Gasteiger partial charge is 0.385 e. The highest BCUT2D eigenvalue weighted by atomic mass is 16.5. The molecule has 80 valence electrons. The molecular formula is C9H16N2O3. The van der Waals surface area contributed by atoms with E-state index in [4.69, 9.17) is 4.74 Å². The molecule has 0 aliphatic carbocycles. The van der Waals surface area contributed by atoms with Crippen molar-refractivity contribution in [3.63, 3.8) is 0 Å². The number of ether oxygens (including phenoxy) is 1. The van der Waals surface area contributed by atoms with Crippen molar-refractivity contribution in [1.82, 2.24) is 10.2 Å². The van der Waals surface area contributed by atoms with Crippen LogP contribution in [-0.2, 0) is 9.53 Å². The molecule has 3 amide bonds. The van der Waals surface area contributed by atoms with Crippen molar-refractivity contribution in [2.45, 2.75) is 13.3 Å². The molecule has 0 bridgehead atoms. The number of hydrogen-bond acceptors (Lipinski definition) is 3. The molecule has 1 heterocycles. The van der Waals surface area contributed by atoms with Crippen LogP contribution in [-0.4, -0.2) is 43.6 Å². The SMILES string of the molecule is COCCCN1CC(C)C(=O)NC1=O. The van der Waals surface area contributed by atoms with E-state index in [2.05, 4.69) is 5.32 Å². The third-order valence-corrected chi connectivity index (χ3v) is 2.24. The maximum atomic E-state index is 11.3. The van der Waals surface area contributed by atoms with Crippen LogP contribution in [0.15, 0.2) is 0 Å². The van der Waals surface area contributed by atoms with E-state index >= 15 is 0 Å². The summed E-state index contributed by atoms with van der Waals surface area (Å²) in [4.78, 5) is 24.0. The van der Waals surface area contributed by atoms with Crippen molar-refractivity contribution in [2.75, 3.05) is 26.8 Å². The van der Waals surface area contributed by atoms with Gasteiger partial charge in [-0.1, -0.05) is 6.92 Å². The van der Waals surface area contributed by atoms with E-state index in [0.29, 0.717) is 19.7 Å². The lowest BCUT2D eigenvalue weighted by Gasteiger charge is -2.30. The molecule has 0 aromatic rings. The Morgan fingerprint density at radius 3 is 2.93 bits per heavy atom. The Bertz CT molecular complexity index is 230. The fourth-order valence-electron chi connectivity index (χ4n) is 1.40. The van der Waals surface area contributed by atoms with E-state index in [1.54, 1.807) is 12.0 Å². The second-order valence-corrected chi connectivity index (χ2v) is 3.49. The van der Waals surface area contributed by atoms with Gasteiger partial charge in [-0.3, -0.25) is 10.1 Å². The van der Waals surface area contributed by atoms with E-state index < -0.39 is 0 Å². The highest BCUT2D eigenvalue weighted by molar-refractivity contribution is 5.97. The first-order valence-corrected chi connectivity index (χ1v) is 4.74. The van der Waals surface area contributed by atoms with Crippen molar-refractivity contribution in [1.29, 1.82) is 0 Å². The topological polar surface area (TPSA) is 58.6 Å². The van der Waals surface area contributed by atoms with E-state index in [1.807, 2.05) is 6.92 Å². The fraction of sp³-hybridized carbons (Fsp3) is 0.778. The summed E-state index contributed by atoms with van der Waals surface area (Å²) in [6.07, 6.45) is 0.796. The Balaban J connectivity index is 2.37. The highest BCUT2D eigenvalue weighted by Gasteiger charge is 2.28. The smallest absolute Gasteiger partial charge is 0.324 e. The molecule has 1 N–H and O–H groups in total. The molecule has 1 atom stereocenters. The highest BCUT2D eigenvalue weighted by Crippen LogP contribution is 2.07. The summed E-state index contributed by atoms with van der Waals surface area (Å²) < 4.78 is 4.89. The average molecular weight is 200 g/mol.